The van der Waals surface area contributed by atoms with Crippen LogP contribution in [0.15, 0.2) is 0 Å². The van der Waals surface area contributed by atoms with Gasteiger partial charge in [-0.3, -0.25) is 0 Å². The molecule has 23 heavy (non-hydrogen) atoms. The van der Waals surface area contributed by atoms with Crippen molar-refractivity contribution in [2.45, 2.75) is 117 Å². The molecule has 0 unspecified atom stereocenters. The van der Waals surface area contributed by atoms with Crippen LogP contribution < -0.4 is 0 Å². The Balaban J connectivity index is 3.22. The molecule has 0 radical (unpaired) electrons. The van der Waals surface area contributed by atoms with Crippen LogP contribution in [0.4, 0.5) is 0 Å². The molecule has 0 fully saturated rings. The molecule has 132 valence electrons. The molecule has 0 N–H and O–H groups in total. The van der Waals surface area contributed by atoms with E-state index in [0.717, 1.165) is 12.8 Å². The Morgan fingerprint density at radius 3 is 1.22 bits per heavy atom. The monoisotopic (exact) mass is 334 g/mol. The van der Waals surface area contributed by atoms with E-state index in [1.54, 1.807) is 0 Å². The Morgan fingerprint density at radius 2 is 0.826 bits per heavy atom. The van der Waals surface area contributed by atoms with E-state index in [9.17, 15) is 0 Å². The van der Waals surface area contributed by atoms with Crippen molar-refractivity contribution in [3.63, 3.8) is 0 Å². The SMILES string of the molecule is CCCCCCCCCC#CPC#CCCCCCCCCC. The van der Waals surface area contributed by atoms with Crippen molar-refractivity contribution in [2.75, 3.05) is 0 Å². The molecule has 0 aromatic heterocycles. The van der Waals surface area contributed by atoms with Gasteiger partial charge in [0, 0.05) is 21.4 Å². The molecular weight excluding hydrogens is 295 g/mol. The summed E-state index contributed by atoms with van der Waals surface area (Å²) >= 11 is 0. The lowest BCUT2D eigenvalue weighted by molar-refractivity contribution is 0.594. The van der Waals surface area contributed by atoms with E-state index in [1.807, 2.05) is 0 Å². The minimum Gasteiger partial charge on any atom is -0.0979 e. The highest BCUT2D eigenvalue weighted by molar-refractivity contribution is 7.49. The van der Waals surface area contributed by atoms with Gasteiger partial charge in [-0.05, 0) is 12.8 Å². The Bertz CT molecular complexity index is 302. The third kappa shape index (κ3) is 21.6. The van der Waals surface area contributed by atoms with Crippen LogP contribution in [0, 0.1) is 23.2 Å². The molecule has 0 rings (SSSR count). The number of hydrogen-bond donors (Lipinski definition) is 0. The molecule has 0 aromatic rings. The second kappa shape index (κ2) is 21.6. The maximum absolute atomic E-state index is 3.28. The predicted molar refractivity (Wildman–Crippen MR) is 109 cm³/mol. The van der Waals surface area contributed by atoms with Gasteiger partial charge in [0.05, 0.1) is 0 Å². The van der Waals surface area contributed by atoms with Crippen molar-refractivity contribution in [2.24, 2.45) is 0 Å². The smallest absolute Gasteiger partial charge is 0.0358 e. The van der Waals surface area contributed by atoms with Crippen molar-refractivity contribution in [3.05, 3.63) is 0 Å². The minimum absolute atomic E-state index is 0.534. The largest absolute Gasteiger partial charge is 0.0979 e. The summed E-state index contributed by atoms with van der Waals surface area (Å²) in [7, 11) is 0.534. The Hall–Kier alpha value is -0.450. The fourth-order valence-electron chi connectivity index (χ4n) is 2.59. The average Bonchev–Trinajstić information content (AvgIpc) is 2.57. The number of rotatable bonds is 14. The Labute approximate surface area is 148 Å². The van der Waals surface area contributed by atoms with Crippen molar-refractivity contribution in [1.29, 1.82) is 0 Å². The van der Waals surface area contributed by atoms with E-state index in [-0.39, 0.29) is 0 Å². The van der Waals surface area contributed by atoms with E-state index in [4.69, 9.17) is 0 Å². The van der Waals surface area contributed by atoms with Gasteiger partial charge in [0.25, 0.3) is 0 Å². The minimum atomic E-state index is 0.534. The topological polar surface area (TPSA) is 0 Å². The molecule has 0 aliphatic rings. The molecular formula is C22H39P. The molecule has 1 heteroatoms. The molecule has 0 heterocycles. The first kappa shape index (κ1) is 22.6. The summed E-state index contributed by atoms with van der Waals surface area (Å²) in [6.45, 7) is 4.54. The molecule has 0 aliphatic carbocycles. The third-order valence-electron chi connectivity index (χ3n) is 4.11. The van der Waals surface area contributed by atoms with Crippen LogP contribution in [0.25, 0.3) is 0 Å². The van der Waals surface area contributed by atoms with Gasteiger partial charge in [0.1, 0.15) is 0 Å². The van der Waals surface area contributed by atoms with E-state index in [0.29, 0.717) is 8.58 Å². The highest BCUT2D eigenvalue weighted by Gasteiger charge is 1.90. The second-order valence-corrected chi connectivity index (χ2v) is 7.22. The van der Waals surface area contributed by atoms with Gasteiger partial charge in [0.15, 0.2) is 0 Å². The number of unbranched alkanes of at least 4 members (excludes halogenated alkanes) is 14. The summed E-state index contributed by atoms with van der Waals surface area (Å²) in [6.07, 6.45) is 21.3. The van der Waals surface area contributed by atoms with Crippen LogP contribution in [0.2, 0.25) is 0 Å². The Morgan fingerprint density at radius 1 is 0.478 bits per heavy atom. The van der Waals surface area contributed by atoms with Crippen LogP contribution in [0.1, 0.15) is 117 Å². The molecule has 0 atom stereocenters. The first-order valence-electron chi connectivity index (χ1n) is 10.1. The van der Waals surface area contributed by atoms with Gasteiger partial charge in [-0.15, -0.1) is 0 Å². The van der Waals surface area contributed by atoms with Crippen LogP contribution in [0.5, 0.6) is 0 Å². The van der Waals surface area contributed by atoms with Crippen molar-refractivity contribution >= 4 is 8.58 Å². The lowest BCUT2D eigenvalue weighted by Crippen LogP contribution is -1.78. The lowest BCUT2D eigenvalue weighted by Gasteiger charge is -1.97. The highest BCUT2D eigenvalue weighted by Crippen LogP contribution is 2.10. The van der Waals surface area contributed by atoms with E-state index >= 15 is 0 Å². The lowest BCUT2D eigenvalue weighted by atomic mass is 10.1. The quantitative estimate of drug-likeness (QED) is 0.172. The maximum atomic E-state index is 3.28. The fourth-order valence-corrected chi connectivity index (χ4v) is 3.07. The standard InChI is InChI=1S/C22H39P/c1-3-5-7-9-11-13-15-17-19-21-23-22-20-18-16-14-12-10-8-6-4-2/h23H,3-18H2,1-2H3. The highest BCUT2D eigenvalue weighted by atomic mass is 31.1. The maximum Gasteiger partial charge on any atom is 0.0358 e. The third-order valence-corrected chi connectivity index (χ3v) is 4.72. The Kier molecular flexibility index (Phi) is 21.1. The van der Waals surface area contributed by atoms with Crippen molar-refractivity contribution < 1.29 is 0 Å². The number of hydrogen-bond acceptors (Lipinski definition) is 0. The van der Waals surface area contributed by atoms with Gasteiger partial charge in [-0.25, -0.2) is 0 Å². The average molecular weight is 335 g/mol. The zero-order valence-corrected chi connectivity index (χ0v) is 16.8. The zero-order valence-electron chi connectivity index (χ0n) is 15.8. The first-order valence-corrected chi connectivity index (χ1v) is 11.1. The van der Waals surface area contributed by atoms with Crippen molar-refractivity contribution in [1.82, 2.24) is 0 Å². The van der Waals surface area contributed by atoms with Gasteiger partial charge in [0.2, 0.25) is 0 Å². The van der Waals surface area contributed by atoms with Crippen molar-refractivity contribution in [3.8, 4) is 23.2 Å². The molecule has 0 nitrogen and oxygen atoms in total. The summed E-state index contributed by atoms with van der Waals surface area (Å²) in [4.78, 5) is 0. The van der Waals surface area contributed by atoms with Crippen LogP contribution in [0.3, 0.4) is 0 Å². The second-order valence-electron chi connectivity index (χ2n) is 6.47. The molecule has 0 saturated carbocycles. The summed E-state index contributed by atoms with van der Waals surface area (Å²) in [5.41, 5.74) is 6.45. The molecule has 0 spiro atoms. The molecule has 0 aromatic carbocycles. The van der Waals surface area contributed by atoms with Gasteiger partial charge in [-0.1, -0.05) is 114 Å². The van der Waals surface area contributed by atoms with Crippen LogP contribution in [-0.2, 0) is 0 Å². The molecule has 0 amide bonds. The zero-order chi connectivity index (χ0) is 16.8. The summed E-state index contributed by atoms with van der Waals surface area (Å²) in [5.74, 6) is 6.56. The fraction of sp³-hybridized carbons (Fsp3) is 0.818. The van der Waals surface area contributed by atoms with Gasteiger partial charge in [-0.2, -0.15) is 0 Å². The van der Waals surface area contributed by atoms with E-state index in [1.165, 1.54) is 89.9 Å². The van der Waals surface area contributed by atoms with Gasteiger partial charge >= 0.3 is 0 Å². The predicted octanol–water partition coefficient (Wildman–Crippen LogP) is 7.87. The first-order chi connectivity index (χ1) is 11.4. The van der Waals surface area contributed by atoms with Gasteiger partial charge < -0.3 is 0 Å². The van der Waals surface area contributed by atoms with Crippen LogP contribution >= 0.6 is 8.58 Å². The van der Waals surface area contributed by atoms with E-state index < -0.39 is 0 Å². The van der Waals surface area contributed by atoms with Crippen LogP contribution in [-0.4, -0.2) is 0 Å². The van der Waals surface area contributed by atoms with E-state index in [2.05, 4.69) is 37.0 Å². The molecule has 0 bridgehead atoms. The normalized spacial score (nSPS) is 9.83. The molecule has 0 saturated heterocycles. The summed E-state index contributed by atoms with van der Waals surface area (Å²) in [6, 6.07) is 0. The molecule has 0 aliphatic heterocycles. The summed E-state index contributed by atoms with van der Waals surface area (Å²) < 4.78 is 0. The summed E-state index contributed by atoms with van der Waals surface area (Å²) in [5, 5.41) is 0.